The fourth-order valence-electron chi connectivity index (χ4n) is 5.81. The fourth-order valence-corrected chi connectivity index (χ4v) is 5.81. The Labute approximate surface area is 240 Å². The number of piperidine rings is 1. The summed E-state index contributed by atoms with van der Waals surface area (Å²) in [5, 5.41) is 18.9. The highest BCUT2D eigenvalue weighted by atomic mass is 16.6. The highest BCUT2D eigenvalue weighted by Crippen LogP contribution is 2.24. The van der Waals surface area contributed by atoms with Crippen LogP contribution in [-0.4, -0.2) is 82.8 Å². The van der Waals surface area contributed by atoms with Crippen molar-refractivity contribution in [3.63, 3.8) is 0 Å². The summed E-state index contributed by atoms with van der Waals surface area (Å²) in [6.45, 7) is 4.25. The number of rotatable bonds is 9. The van der Waals surface area contributed by atoms with E-state index in [9.17, 15) is 24.3 Å². The van der Waals surface area contributed by atoms with Gasteiger partial charge in [-0.25, -0.2) is 0 Å². The van der Waals surface area contributed by atoms with Crippen LogP contribution in [-0.2, 0) is 25.6 Å². The topological polar surface area (TPSA) is 142 Å². The SMILES string of the molecule is CCC(C)[C@@H]1NC(=O)C(Cc2cn(OC)c3ccccc23)NC(=O)[C@H](CCCCO)NC(=O)[C@H]2CCCCN2C1=O. The van der Waals surface area contributed by atoms with E-state index in [-0.39, 0.29) is 30.8 Å². The highest BCUT2D eigenvalue weighted by molar-refractivity contribution is 5.98. The number of carbonyl (C=O) groups is 4. The number of hydrogen-bond donors (Lipinski definition) is 4. The maximum Gasteiger partial charge on any atom is 0.246 e. The third-order valence-corrected chi connectivity index (χ3v) is 8.41. The zero-order chi connectivity index (χ0) is 29.5. The molecule has 2 saturated heterocycles. The Hall–Kier alpha value is -3.60. The Morgan fingerprint density at radius 1 is 1.00 bits per heavy atom. The fraction of sp³-hybridized carbons (Fsp3) is 0.600. The quantitative estimate of drug-likeness (QED) is 0.336. The number of unbranched alkanes of at least 4 members (excludes halogenated alkanes) is 1. The van der Waals surface area contributed by atoms with Crippen LogP contribution < -0.4 is 20.8 Å². The second kappa shape index (κ2) is 13.8. The van der Waals surface area contributed by atoms with Gasteiger partial charge in [0.2, 0.25) is 23.6 Å². The number of aromatic nitrogens is 1. The molecule has 2 aromatic rings. The number of nitrogens with one attached hydrogen (secondary N) is 3. The van der Waals surface area contributed by atoms with Gasteiger partial charge in [-0.1, -0.05) is 38.5 Å². The average molecular weight is 570 g/mol. The summed E-state index contributed by atoms with van der Waals surface area (Å²) < 4.78 is 1.61. The van der Waals surface area contributed by atoms with Crippen LogP contribution in [0.15, 0.2) is 30.5 Å². The van der Waals surface area contributed by atoms with Crippen molar-refractivity contribution >= 4 is 34.5 Å². The molecule has 5 atom stereocenters. The van der Waals surface area contributed by atoms with Crippen molar-refractivity contribution in [3.05, 3.63) is 36.0 Å². The van der Waals surface area contributed by atoms with E-state index in [1.807, 2.05) is 38.1 Å². The molecule has 2 aliphatic rings. The van der Waals surface area contributed by atoms with Gasteiger partial charge < -0.3 is 30.8 Å². The lowest BCUT2D eigenvalue weighted by molar-refractivity contribution is -0.147. The van der Waals surface area contributed by atoms with E-state index >= 15 is 0 Å². The molecule has 41 heavy (non-hydrogen) atoms. The minimum absolute atomic E-state index is 0.0290. The molecule has 11 nitrogen and oxygen atoms in total. The second-order valence-electron chi connectivity index (χ2n) is 11.1. The Balaban J connectivity index is 1.72. The summed E-state index contributed by atoms with van der Waals surface area (Å²) in [6, 6.07) is 4.16. The van der Waals surface area contributed by atoms with E-state index < -0.39 is 36.0 Å². The molecule has 0 spiro atoms. The van der Waals surface area contributed by atoms with Crippen molar-refractivity contribution < 1.29 is 29.1 Å². The summed E-state index contributed by atoms with van der Waals surface area (Å²) in [5.74, 6) is -1.75. The molecule has 0 aliphatic carbocycles. The Morgan fingerprint density at radius 3 is 2.46 bits per heavy atom. The predicted octanol–water partition coefficient (Wildman–Crippen LogP) is 1.30. The molecule has 2 fully saturated rings. The first-order valence-electron chi connectivity index (χ1n) is 14.7. The molecule has 224 valence electrons. The molecule has 4 amide bonds. The minimum Gasteiger partial charge on any atom is -0.417 e. The van der Waals surface area contributed by atoms with Crippen LogP contribution in [0, 0.1) is 5.92 Å². The molecule has 4 rings (SSSR count). The van der Waals surface area contributed by atoms with Gasteiger partial charge >= 0.3 is 0 Å². The van der Waals surface area contributed by atoms with Crippen molar-refractivity contribution in [3.8, 4) is 0 Å². The average Bonchev–Trinajstić information content (AvgIpc) is 3.35. The number of amides is 4. The van der Waals surface area contributed by atoms with Gasteiger partial charge in [0, 0.05) is 31.2 Å². The van der Waals surface area contributed by atoms with Crippen molar-refractivity contribution in [1.82, 2.24) is 25.6 Å². The summed E-state index contributed by atoms with van der Waals surface area (Å²) >= 11 is 0. The number of nitrogens with zero attached hydrogens (tertiary/aromatic N) is 2. The molecule has 1 aromatic heterocycles. The summed E-state index contributed by atoms with van der Waals surface area (Å²) in [6.07, 6.45) is 5.93. The maximum absolute atomic E-state index is 13.9. The number of fused-ring (bicyclic) bond motifs is 2. The standard InChI is InChI=1S/C30H43N5O6/c1-4-19(2)26-30(40)34-15-9-7-14-25(34)29(39)31-22(12-8-10-16-36)27(37)32-23(28(38)33-26)17-20-18-35(41-3)24-13-6-5-11-21(20)24/h5-6,11,13,18-19,22-23,25-26,36H,4,7-10,12,14-17H2,1-3H3,(H,31,39)(H,32,37)(H,33,38)/t19?,22-,23?,25+,26-/m0/s1. The smallest absolute Gasteiger partial charge is 0.246 e. The lowest BCUT2D eigenvalue weighted by Crippen LogP contribution is -2.64. The van der Waals surface area contributed by atoms with Gasteiger partial charge in [-0.05, 0) is 56.1 Å². The molecule has 3 heterocycles. The Bertz CT molecular complexity index is 1250. The van der Waals surface area contributed by atoms with E-state index in [2.05, 4.69) is 16.0 Å². The van der Waals surface area contributed by atoms with Crippen LogP contribution in [0.5, 0.6) is 0 Å². The maximum atomic E-state index is 13.9. The van der Waals surface area contributed by atoms with Gasteiger partial charge in [0.05, 0.1) is 5.52 Å². The van der Waals surface area contributed by atoms with Crippen molar-refractivity contribution in [2.45, 2.75) is 89.4 Å². The van der Waals surface area contributed by atoms with Crippen LogP contribution in [0.4, 0.5) is 0 Å². The predicted molar refractivity (Wildman–Crippen MR) is 154 cm³/mol. The number of carbonyl (C=O) groups excluding carboxylic acids is 4. The lowest BCUT2D eigenvalue weighted by Gasteiger charge is -2.39. The largest absolute Gasteiger partial charge is 0.417 e. The van der Waals surface area contributed by atoms with Crippen LogP contribution >= 0.6 is 0 Å². The number of benzene rings is 1. The third-order valence-electron chi connectivity index (χ3n) is 8.41. The van der Waals surface area contributed by atoms with E-state index in [1.165, 1.54) is 0 Å². The first-order chi connectivity index (χ1) is 19.8. The summed E-state index contributed by atoms with van der Waals surface area (Å²) in [5.41, 5.74) is 1.61. The normalized spacial score (nSPS) is 24.9. The lowest BCUT2D eigenvalue weighted by atomic mass is 9.93. The van der Waals surface area contributed by atoms with Crippen molar-refractivity contribution in [2.24, 2.45) is 5.92 Å². The number of hydrogen-bond acceptors (Lipinski definition) is 6. The highest BCUT2D eigenvalue weighted by Gasteiger charge is 2.40. The van der Waals surface area contributed by atoms with E-state index in [0.717, 1.165) is 29.3 Å². The van der Waals surface area contributed by atoms with Crippen LogP contribution in [0.1, 0.15) is 64.4 Å². The molecule has 2 aliphatic heterocycles. The zero-order valence-electron chi connectivity index (χ0n) is 24.2. The van der Waals surface area contributed by atoms with Crippen molar-refractivity contribution in [1.29, 1.82) is 0 Å². The molecular formula is C30H43N5O6. The third kappa shape index (κ3) is 6.83. The molecule has 0 bridgehead atoms. The molecule has 1 aromatic carbocycles. The number of para-hydroxylation sites is 1. The molecular weight excluding hydrogens is 526 g/mol. The van der Waals surface area contributed by atoms with E-state index in [0.29, 0.717) is 38.6 Å². The number of aliphatic hydroxyl groups excluding tert-OH is 1. The first-order valence-corrected chi connectivity index (χ1v) is 14.7. The van der Waals surface area contributed by atoms with Gasteiger partial charge in [0.25, 0.3) is 0 Å². The minimum atomic E-state index is -1.01. The molecule has 2 unspecified atom stereocenters. The molecule has 11 heteroatoms. The van der Waals surface area contributed by atoms with Gasteiger partial charge in [-0.15, -0.1) is 0 Å². The summed E-state index contributed by atoms with van der Waals surface area (Å²) in [7, 11) is 1.55. The first kappa shape index (κ1) is 30.4. The van der Waals surface area contributed by atoms with Crippen LogP contribution in [0.25, 0.3) is 10.9 Å². The van der Waals surface area contributed by atoms with Gasteiger partial charge in [0.1, 0.15) is 31.3 Å². The van der Waals surface area contributed by atoms with Crippen LogP contribution in [0.3, 0.4) is 0 Å². The van der Waals surface area contributed by atoms with Gasteiger partial charge in [0.15, 0.2) is 0 Å². The molecule has 0 radical (unpaired) electrons. The Morgan fingerprint density at radius 2 is 1.73 bits per heavy atom. The van der Waals surface area contributed by atoms with Gasteiger partial charge in [-0.3, -0.25) is 19.2 Å². The second-order valence-corrected chi connectivity index (χ2v) is 11.1. The zero-order valence-corrected chi connectivity index (χ0v) is 24.2. The molecule has 0 saturated carbocycles. The molecule has 4 N–H and O–H groups in total. The van der Waals surface area contributed by atoms with Crippen LogP contribution in [0.2, 0.25) is 0 Å². The summed E-state index contributed by atoms with van der Waals surface area (Å²) in [4.78, 5) is 62.1. The monoisotopic (exact) mass is 569 g/mol. The number of aliphatic hydroxyl groups is 1. The van der Waals surface area contributed by atoms with Crippen molar-refractivity contribution in [2.75, 3.05) is 20.3 Å². The van der Waals surface area contributed by atoms with E-state index in [1.54, 1.807) is 22.9 Å². The van der Waals surface area contributed by atoms with Gasteiger partial charge in [-0.2, -0.15) is 4.73 Å². The van der Waals surface area contributed by atoms with E-state index in [4.69, 9.17) is 4.84 Å². The Kier molecular flexibility index (Phi) is 10.3.